The van der Waals surface area contributed by atoms with Crippen molar-refractivity contribution in [1.82, 2.24) is 97.6 Å². The first-order chi connectivity index (χ1) is 65.1. The summed E-state index contributed by atoms with van der Waals surface area (Å²) >= 11 is 0.758. The molecule has 6 aromatic rings. The van der Waals surface area contributed by atoms with Crippen LogP contribution in [-0.4, -0.2) is 325 Å². The average Bonchev–Trinajstić information content (AvgIpc) is 0.947. The Morgan fingerprint density at radius 3 is 1.65 bits per heavy atom. The number of carbonyl (C=O) groups is 17. The number of H-pyrrole nitrogens is 3. The highest BCUT2D eigenvalue weighted by atomic mass is 32.2. The number of nitrogens with zero attached hydrogens (tertiary/aromatic N) is 6. The van der Waals surface area contributed by atoms with Crippen LogP contribution < -0.4 is 80.8 Å². The Hall–Kier alpha value is -13.1. The van der Waals surface area contributed by atoms with Crippen LogP contribution >= 0.6 is 11.8 Å². The van der Waals surface area contributed by atoms with E-state index < -0.39 is 229 Å². The zero-order valence-corrected chi connectivity index (χ0v) is 78.7. The van der Waals surface area contributed by atoms with E-state index in [1.807, 2.05) is 13.8 Å². The quantitative estimate of drug-likeness (QED) is 0.0223. The molecule has 3 aliphatic rings. The Morgan fingerprint density at radius 2 is 1.04 bits per heavy atom. The highest BCUT2D eigenvalue weighted by Gasteiger charge is 2.47. The van der Waals surface area contributed by atoms with Crippen LogP contribution in [0.5, 0.6) is 5.75 Å². The lowest BCUT2D eigenvalue weighted by Crippen LogP contribution is -2.61. The molecular weight excluding hydrogens is 1780 g/mol. The molecule has 0 aliphatic carbocycles. The van der Waals surface area contributed by atoms with Crippen LogP contribution in [-0.2, 0) is 107 Å². The number of aromatic amines is 3. The number of primary amides is 1. The molecular formula is C92H131N23O20S. The number of aliphatic carboxylic acids is 1. The Morgan fingerprint density at radius 1 is 0.522 bits per heavy atom. The highest BCUT2D eigenvalue weighted by molar-refractivity contribution is 8.00. The van der Waals surface area contributed by atoms with Crippen LogP contribution in [0.4, 0.5) is 0 Å². The summed E-state index contributed by atoms with van der Waals surface area (Å²) in [5.41, 5.74) is 27.0. The Kier molecular flexibility index (Phi) is 40.9. The summed E-state index contributed by atoms with van der Waals surface area (Å²) < 4.78 is 5.36. The molecule has 0 spiro atoms. The number of aliphatic hydroxyl groups excluding tert-OH is 1. The minimum atomic E-state index is -1.77. The number of nitrogens with one attached hydrogen (secondary N) is 13. The predicted octanol–water partition coefficient (Wildman–Crippen LogP) is -2.11. The van der Waals surface area contributed by atoms with Gasteiger partial charge >= 0.3 is 5.97 Å². The number of fused-ring (bicyclic) bond motifs is 4. The number of aromatic nitrogens is 4. The van der Waals surface area contributed by atoms with Gasteiger partial charge in [0.2, 0.25) is 94.5 Å². The van der Waals surface area contributed by atoms with Gasteiger partial charge in [-0.1, -0.05) is 88.1 Å². The summed E-state index contributed by atoms with van der Waals surface area (Å²) in [6, 6.07) is -0.250. The molecule has 16 amide bonds. The number of nitrogens with two attached hydrogens (primary N) is 4. The van der Waals surface area contributed by atoms with Gasteiger partial charge in [0, 0.05) is 125 Å². The lowest BCUT2D eigenvalue weighted by molar-refractivity contribution is -0.149. The molecule has 9 rings (SSSR count). The number of carbonyl (C=O) groups excluding carboxylic acids is 16. The van der Waals surface area contributed by atoms with Gasteiger partial charge in [0.1, 0.15) is 90.3 Å². The predicted molar refractivity (Wildman–Crippen MR) is 502 cm³/mol. The van der Waals surface area contributed by atoms with E-state index in [0.717, 1.165) is 31.4 Å². The third-order valence-electron chi connectivity index (χ3n) is 24.8. The van der Waals surface area contributed by atoms with Gasteiger partial charge in [-0.2, -0.15) is 0 Å². The Balaban J connectivity index is 1.10. The number of para-hydroxylation sites is 2. The molecule has 44 heteroatoms. The van der Waals surface area contributed by atoms with Gasteiger partial charge in [-0.15, -0.1) is 11.8 Å². The zero-order valence-electron chi connectivity index (χ0n) is 77.8. The first-order valence-electron chi connectivity index (χ1n) is 46.1. The lowest BCUT2D eigenvalue weighted by Gasteiger charge is -2.36. The number of rotatable bonds is 29. The van der Waals surface area contributed by atoms with E-state index in [4.69, 9.17) is 27.7 Å². The number of methoxy groups -OCH3 is 1. The first kappa shape index (κ1) is 107. The minimum absolute atomic E-state index is 0.0110. The number of hydrogen-bond donors (Lipinski definition) is 19. The average molecular weight is 1910 g/mol. The van der Waals surface area contributed by atoms with Gasteiger partial charge in [0.15, 0.2) is 0 Å². The molecule has 6 heterocycles. The number of carboxylic acids is 1. The number of hydrogen-bond acceptors (Lipinski definition) is 24. The molecule has 0 unspecified atom stereocenters. The number of thioether (sulfide) groups is 1. The van der Waals surface area contributed by atoms with Gasteiger partial charge in [-0.05, 0) is 132 Å². The molecule has 3 aromatic carbocycles. The molecule has 0 radical (unpaired) electrons. The third-order valence-corrected chi connectivity index (χ3v) is 25.8. The number of benzene rings is 3. The molecule has 136 heavy (non-hydrogen) atoms. The Bertz CT molecular complexity index is 5150. The van der Waals surface area contributed by atoms with E-state index in [2.05, 4.69) is 73.1 Å². The summed E-state index contributed by atoms with van der Waals surface area (Å²) in [6.07, 6.45) is 3.97. The normalized spacial score (nSPS) is 24.7. The van der Waals surface area contributed by atoms with Crippen LogP contribution in [0, 0.1) is 0 Å². The number of unbranched alkanes of at least 4 members (excludes halogenated alkanes) is 3. The second kappa shape index (κ2) is 52.1. The smallest absolute Gasteiger partial charge is 0.303 e. The maximum atomic E-state index is 15.8. The van der Waals surface area contributed by atoms with E-state index in [0.29, 0.717) is 82.0 Å². The van der Waals surface area contributed by atoms with Crippen LogP contribution in [0.2, 0.25) is 0 Å². The van der Waals surface area contributed by atoms with Gasteiger partial charge in [-0.25, -0.2) is 4.98 Å². The summed E-state index contributed by atoms with van der Waals surface area (Å²) in [5, 5.41) is 49.8. The fraction of sp³-hybridized carbons (Fsp3) is 0.543. The van der Waals surface area contributed by atoms with Gasteiger partial charge in [-0.3, -0.25) is 81.5 Å². The van der Waals surface area contributed by atoms with Crippen molar-refractivity contribution < 1.29 is 96.5 Å². The number of aliphatic hydroxyl groups is 1. The maximum absolute atomic E-state index is 15.8. The van der Waals surface area contributed by atoms with Gasteiger partial charge in [0.25, 0.3) is 0 Å². The molecule has 23 N–H and O–H groups in total. The molecule has 0 saturated carbocycles. The number of imidazole rings is 1. The van der Waals surface area contributed by atoms with Crippen molar-refractivity contribution in [2.24, 2.45) is 22.9 Å². The standard InChI is InChI=1S/C92H131N23O20S/c1-8-10-24-72-85(127)104-63(31-32-78(119)120)81(123)110-71(80(122)100-47-76(96)117)49-136-50-77(118)102-69(39-53-27-29-58(135-7)30-28-53)88(130)111(4)52(3)79(121)105-66(34-37-95)90(132)114-38-18-26-73(114)86(128)108-68(42-56-46-97-51-101-56)84(126)106-65(23-16-17-35-93)91(133)115-48-57(116)43-75(115)87(129)107-67(40-54-44-98-61-21-14-12-19-59(54)61)83(125)103-64(33-36-94)82(124)109-70(41-55-45-99-62-22-15-13-20-60(55)62)89(131)113(6)74(25-11-9-2)92(134)112(72)5/h12-15,19-22,27-30,44-46,51-52,57,63-75,98-99,116H,8-11,16-18,23-26,31-43,47-50,93-95H2,1-7H3,(H2,96,117)(H,97,101)(H,100,122)(H,102,118)(H,103,125)(H,104,127)(H,105,121)(H,106,126)(H,107,129)(H,108,128)(H,109,124)(H,110,123)(H,119,120)/t52-,57+,63-,64-,65-,66+,67-,68-,69-,70-,71-,72-,73-,74-,75-/m0/s1. The second-order valence-corrected chi connectivity index (χ2v) is 35.6. The fourth-order valence-electron chi connectivity index (χ4n) is 17.0. The van der Waals surface area contributed by atoms with E-state index in [9.17, 15) is 53.4 Å². The highest BCUT2D eigenvalue weighted by Crippen LogP contribution is 2.28. The summed E-state index contributed by atoms with van der Waals surface area (Å²) in [6.45, 7) is 3.59. The van der Waals surface area contributed by atoms with E-state index in [1.54, 1.807) is 85.2 Å². The fourth-order valence-corrected chi connectivity index (χ4v) is 17.8. The van der Waals surface area contributed by atoms with Crippen molar-refractivity contribution in [3.8, 4) is 5.75 Å². The lowest BCUT2D eigenvalue weighted by atomic mass is 9.99. The third kappa shape index (κ3) is 29.5. The Labute approximate surface area is 791 Å². The SMILES string of the molecule is CCCC[C@H]1C(=O)N(C)[C@@H](CCCC)C(=O)N[C@@H](CCC(=O)O)C(=O)N[C@H](C(=O)NCC(N)=O)CSCC(=O)N[C@@H](Cc2ccc(OC)cc2)C(=O)N(C)[C@@H](C)C(=O)N[C@H](CCN)C(=O)N2CCC[C@H]2C(=O)N[C@@H](Cc2cnc[nH]2)C(=O)N[C@@H](CCCCN)C(=O)N2C[C@H](O)C[C@H]2C(=O)N[C@@H](Cc2c[nH]c3ccccc23)C(=O)N[C@@H](CCN)C(=O)N[C@@H](Cc2c[nH]c3ccccc23)C(=O)N1C. The van der Waals surface area contributed by atoms with Crippen molar-refractivity contribution in [1.29, 1.82) is 0 Å². The molecule has 3 saturated heterocycles. The number of ether oxygens (including phenoxy) is 1. The zero-order chi connectivity index (χ0) is 99.0. The van der Waals surface area contributed by atoms with Crippen molar-refractivity contribution in [3.05, 3.63) is 120 Å². The molecule has 0 bridgehead atoms. The number of likely N-dealkylation sites (N-methyl/N-ethyl adjacent to an activating group) is 3. The van der Waals surface area contributed by atoms with Crippen molar-refractivity contribution in [2.75, 3.05) is 79.0 Å². The molecule has 3 fully saturated rings. The first-order valence-corrected chi connectivity index (χ1v) is 47.3. The van der Waals surface area contributed by atoms with Crippen molar-refractivity contribution >= 4 is 134 Å². The van der Waals surface area contributed by atoms with Crippen LogP contribution in [0.25, 0.3) is 21.8 Å². The molecule has 43 nitrogen and oxygen atoms in total. The molecule has 740 valence electrons. The summed E-state index contributed by atoms with van der Waals surface area (Å²) in [7, 11) is 5.41. The summed E-state index contributed by atoms with van der Waals surface area (Å²) in [5.74, 6) is -16.2. The summed E-state index contributed by atoms with van der Waals surface area (Å²) in [4.78, 5) is 270. The van der Waals surface area contributed by atoms with Crippen molar-refractivity contribution in [3.63, 3.8) is 0 Å². The van der Waals surface area contributed by atoms with E-state index in [1.165, 1.54) is 52.6 Å². The number of carboxylic acid groups (broad SMARTS) is 1. The van der Waals surface area contributed by atoms with E-state index in [-0.39, 0.29) is 110 Å². The molecule has 3 aliphatic heterocycles. The van der Waals surface area contributed by atoms with Gasteiger partial charge in [0.05, 0.1) is 31.8 Å². The topological polar surface area (TPSA) is 641 Å². The maximum Gasteiger partial charge on any atom is 0.303 e. The number of amides is 16. The van der Waals surface area contributed by atoms with Gasteiger partial charge < -0.3 is 131 Å². The monoisotopic (exact) mass is 1910 g/mol. The second-order valence-electron chi connectivity index (χ2n) is 34.6. The minimum Gasteiger partial charge on any atom is -0.497 e. The van der Waals surface area contributed by atoms with Crippen LogP contribution in [0.15, 0.2) is 97.7 Å². The van der Waals surface area contributed by atoms with Crippen LogP contribution in [0.1, 0.15) is 146 Å². The van der Waals surface area contributed by atoms with E-state index >= 15 is 38.4 Å². The van der Waals surface area contributed by atoms with Crippen molar-refractivity contribution in [2.45, 2.75) is 240 Å². The van der Waals surface area contributed by atoms with Crippen LogP contribution in [0.3, 0.4) is 0 Å². The largest absolute Gasteiger partial charge is 0.497 e. The molecule has 15 atom stereocenters. The molecule has 3 aromatic heterocycles.